The molecule has 0 bridgehead atoms. The molecule has 1 heterocycles. The Morgan fingerprint density at radius 3 is 2.45 bits per heavy atom. The number of nitrogens with zero attached hydrogens (tertiary/aromatic N) is 1. The summed E-state index contributed by atoms with van der Waals surface area (Å²) in [5.41, 5.74) is 1.32. The van der Waals surface area contributed by atoms with Crippen molar-refractivity contribution in [2.75, 3.05) is 7.11 Å². The lowest BCUT2D eigenvalue weighted by Crippen LogP contribution is -2.11. The molecule has 0 aliphatic heterocycles. The van der Waals surface area contributed by atoms with Crippen LogP contribution in [0.15, 0.2) is 5.38 Å². The van der Waals surface area contributed by atoms with Gasteiger partial charge in [0.15, 0.2) is 0 Å². The highest BCUT2D eigenvalue weighted by atomic mass is 32.1. The summed E-state index contributed by atoms with van der Waals surface area (Å²) in [6.45, 7) is 6.46. The summed E-state index contributed by atoms with van der Waals surface area (Å²) >= 11 is 1.44. The summed E-state index contributed by atoms with van der Waals surface area (Å²) in [7, 11) is 1.66. The molecule has 0 saturated carbocycles. The fourth-order valence-electron chi connectivity index (χ4n) is 0.871. The first kappa shape index (κ1) is 8.53. The van der Waals surface area contributed by atoms with Crippen LogP contribution in [-0.2, 0) is 5.41 Å². The smallest absolute Gasteiger partial charge is 0.228 e. The number of rotatable bonds is 1. The van der Waals surface area contributed by atoms with Crippen LogP contribution in [0, 0.1) is 0 Å². The quantitative estimate of drug-likeness (QED) is 0.647. The minimum Gasteiger partial charge on any atom is -0.480 e. The second-order valence-corrected chi connectivity index (χ2v) is 4.12. The Labute approximate surface area is 71.4 Å². The zero-order valence-corrected chi connectivity index (χ0v) is 8.16. The molecule has 11 heavy (non-hydrogen) atoms. The second kappa shape index (κ2) is 2.81. The van der Waals surface area contributed by atoms with Gasteiger partial charge in [-0.3, -0.25) is 0 Å². The van der Waals surface area contributed by atoms with Crippen LogP contribution in [0.3, 0.4) is 0 Å². The van der Waals surface area contributed by atoms with E-state index in [9.17, 15) is 0 Å². The molecule has 0 aliphatic carbocycles. The average Bonchev–Trinajstić information content (AvgIpc) is 2.31. The molecule has 1 aromatic heterocycles. The normalized spacial score (nSPS) is 11.6. The van der Waals surface area contributed by atoms with Gasteiger partial charge in [0.25, 0.3) is 0 Å². The van der Waals surface area contributed by atoms with Crippen molar-refractivity contribution in [1.82, 2.24) is 4.37 Å². The number of hydrogen-bond donors (Lipinski definition) is 0. The molecule has 0 aliphatic rings. The highest BCUT2D eigenvalue weighted by molar-refractivity contribution is 7.03. The summed E-state index contributed by atoms with van der Waals surface area (Å²) in [4.78, 5) is 0. The maximum Gasteiger partial charge on any atom is 0.228 e. The predicted octanol–water partition coefficient (Wildman–Crippen LogP) is 2.45. The molecular formula is C8H13NOS. The van der Waals surface area contributed by atoms with Gasteiger partial charge in [-0.25, -0.2) is 0 Å². The lowest BCUT2D eigenvalue weighted by molar-refractivity contribution is 0.386. The van der Waals surface area contributed by atoms with Crippen molar-refractivity contribution in [1.29, 1.82) is 0 Å². The van der Waals surface area contributed by atoms with Crippen molar-refractivity contribution in [3.63, 3.8) is 0 Å². The number of methoxy groups -OCH3 is 1. The van der Waals surface area contributed by atoms with Crippen LogP contribution in [0.4, 0.5) is 0 Å². The predicted molar refractivity (Wildman–Crippen MR) is 47.4 cm³/mol. The Bertz CT molecular complexity index is 236. The Hall–Kier alpha value is -0.570. The van der Waals surface area contributed by atoms with E-state index < -0.39 is 0 Å². The fraction of sp³-hybridized carbons (Fsp3) is 0.625. The first-order chi connectivity index (χ1) is 5.05. The van der Waals surface area contributed by atoms with Crippen LogP contribution in [0.5, 0.6) is 5.88 Å². The highest BCUT2D eigenvalue weighted by Crippen LogP contribution is 2.31. The zero-order chi connectivity index (χ0) is 8.48. The van der Waals surface area contributed by atoms with Crippen molar-refractivity contribution in [2.24, 2.45) is 0 Å². The van der Waals surface area contributed by atoms with Gasteiger partial charge < -0.3 is 4.74 Å². The van der Waals surface area contributed by atoms with E-state index in [1.54, 1.807) is 7.11 Å². The molecule has 1 aromatic rings. The molecule has 1 rings (SSSR count). The maximum absolute atomic E-state index is 5.11. The molecule has 0 spiro atoms. The van der Waals surface area contributed by atoms with Gasteiger partial charge in [0, 0.05) is 10.9 Å². The Balaban J connectivity index is 3.02. The van der Waals surface area contributed by atoms with E-state index in [1.165, 1.54) is 17.1 Å². The van der Waals surface area contributed by atoms with Crippen LogP contribution in [0.2, 0.25) is 0 Å². The second-order valence-electron chi connectivity index (χ2n) is 3.49. The lowest BCUT2D eigenvalue weighted by atomic mass is 9.89. The van der Waals surface area contributed by atoms with E-state index >= 15 is 0 Å². The highest BCUT2D eigenvalue weighted by Gasteiger charge is 2.20. The van der Waals surface area contributed by atoms with Gasteiger partial charge in [0.1, 0.15) is 0 Å². The van der Waals surface area contributed by atoms with Crippen LogP contribution in [0.25, 0.3) is 0 Å². The first-order valence-electron chi connectivity index (χ1n) is 3.54. The maximum atomic E-state index is 5.11. The Morgan fingerprint density at radius 2 is 2.09 bits per heavy atom. The molecule has 0 fully saturated rings. The van der Waals surface area contributed by atoms with E-state index in [-0.39, 0.29) is 5.41 Å². The Morgan fingerprint density at radius 1 is 1.45 bits per heavy atom. The molecule has 0 atom stereocenters. The molecule has 0 unspecified atom stereocenters. The number of aromatic nitrogens is 1. The Kier molecular flexibility index (Phi) is 2.18. The van der Waals surface area contributed by atoms with Crippen LogP contribution >= 0.6 is 11.5 Å². The van der Waals surface area contributed by atoms with Gasteiger partial charge >= 0.3 is 0 Å². The molecule has 62 valence electrons. The van der Waals surface area contributed by atoms with Crippen LogP contribution < -0.4 is 4.74 Å². The van der Waals surface area contributed by atoms with Crippen molar-refractivity contribution < 1.29 is 4.74 Å². The summed E-state index contributed by atoms with van der Waals surface area (Å²) < 4.78 is 9.23. The fourth-order valence-corrected chi connectivity index (χ4v) is 1.75. The van der Waals surface area contributed by atoms with Crippen molar-refractivity contribution in [3.05, 3.63) is 10.9 Å². The van der Waals surface area contributed by atoms with E-state index in [4.69, 9.17) is 4.74 Å². The van der Waals surface area contributed by atoms with Crippen molar-refractivity contribution >= 4 is 11.5 Å². The molecule has 0 amide bonds. The minimum absolute atomic E-state index is 0.137. The molecule has 0 saturated heterocycles. The third-order valence-corrected chi connectivity index (χ3v) is 2.15. The van der Waals surface area contributed by atoms with E-state index in [1.807, 2.05) is 5.38 Å². The monoisotopic (exact) mass is 171 g/mol. The molecule has 3 heteroatoms. The standard InChI is InChI=1S/C8H13NOS/c1-8(2,3)6-5-11-9-7(6)10-4/h5H,1-4H3. The third-order valence-electron chi connectivity index (χ3n) is 1.54. The summed E-state index contributed by atoms with van der Waals surface area (Å²) in [6.07, 6.45) is 0. The van der Waals surface area contributed by atoms with Gasteiger partial charge in [-0.2, -0.15) is 4.37 Å². The van der Waals surface area contributed by atoms with Crippen LogP contribution in [-0.4, -0.2) is 11.5 Å². The molecule has 2 nitrogen and oxygen atoms in total. The minimum atomic E-state index is 0.137. The van der Waals surface area contributed by atoms with Crippen molar-refractivity contribution in [2.45, 2.75) is 26.2 Å². The van der Waals surface area contributed by atoms with Crippen LogP contribution in [0.1, 0.15) is 26.3 Å². The number of hydrogen-bond acceptors (Lipinski definition) is 3. The summed E-state index contributed by atoms with van der Waals surface area (Å²) in [6, 6.07) is 0. The number of ether oxygens (including phenoxy) is 1. The van der Waals surface area contributed by atoms with Gasteiger partial charge in [-0.15, -0.1) is 0 Å². The van der Waals surface area contributed by atoms with Gasteiger partial charge in [-0.05, 0) is 16.9 Å². The van der Waals surface area contributed by atoms with Crippen molar-refractivity contribution in [3.8, 4) is 5.88 Å². The van der Waals surface area contributed by atoms with E-state index in [0.717, 1.165) is 5.88 Å². The van der Waals surface area contributed by atoms with E-state index in [0.29, 0.717) is 0 Å². The molecule has 0 N–H and O–H groups in total. The SMILES string of the molecule is COc1nscc1C(C)(C)C. The lowest BCUT2D eigenvalue weighted by Gasteiger charge is -2.16. The molecule has 0 radical (unpaired) electrons. The van der Waals surface area contributed by atoms with Gasteiger partial charge in [-0.1, -0.05) is 20.8 Å². The van der Waals surface area contributed by atoms with E-state index in [2.05, 4.69) is 25.1 Å². The molecular weight excluding hydrogens is 158 g/mol. The topological polar surface area (TPSA) is 22.1 Å². The van der Waals surface area contributed by atoms with Gasteiger partial charge in [0.2, 0.25) is 5.88 Å². The zero-order valence-electron chi connectivity index (χ0n) is 7.34. The van der Waals surface area contributed by atoms with Gasteiger partial charge in [0.05, 0.1) is 7.11 Å². The first-order valence-corrected chi connectivity index (χ1v) is 4.38. The average molecular weight is 171 g/mol. The third kappa shape index (κ3) is 1.71. The summed E-state index contributed by atoms with van der Waals surface area (Å²) in [5.74, 6) is 0.766. The summed E-state index contributed by atoms with van der Waals surface area (Å²) in [5, 5.41) is 2.04. The largest absolute Gasteiger partial charge is 0.480 e. The molecule has 0 aromatic carbocycles.